The monoisotopic (exact) mass is 492 g/mol. The third kappa shape index (κ3) is 7.04. The van der Waals surface area contributed by atoms with Crippen molar-refractivity contribution in [1.82, 2.24) is 15.2 Å². The lowest BCUT2D eigenvalue weighted by Crippen LogP contribution is -2.42. The molecular formula is C27H29ClN4O3. The van der Waals surface area contributed by atoms with Crippen molar-refractivity contribution >= 4 is 29.2 Å². The summed E-state index contributed by atoms with van der Waals surface area (Å²) in [6.45, 7) is 1.17. The molecule has 182 valence electrons. The molecule has 1 aliphatic rings. The highest BCUT2D eigenvalue weighted by molar-refractivity contribution is 6.30. The van der Waals surface area contributed by atoms with Gasteiger partial charge in [-0.3, -0.25) is 9.59 Å². The number of nitrogens with one attached hydrogen (secondary N) is 2. The molecule has 2 N–H and O–H groups in total. The van der Waals surface area contributed by atoms with E-state index >= 15 is 0 Å². The number of carbonyl (C=O) groups excluding carboxylic acids is 2. The number of anilines is 1. The van der Waals surface area contributed by atoms with Crippen molar-refractivity contribution in [3.8, 4) is 5.75 Å². The van der Waals surface area contributed by atoms with Crippen molar-refractivity contribution in [2.24, 2.45) is 0 Å². The first kappa shape index (κ1) is 24.7. The fourth-order valence-corrected chi connectivity index (χ4v) is 4.13. The molecule has 0 aliphatic carbocycles. The Morgan fingerprint density at radius 2 is 1.91 bits per heavy atom. The van der Waals surface area contributed by atoms with Gasteiger partial charge < -0.3 is 20.3 Å². The summed E-state index contributed by atoms with van der Waals surface area (Å²) in [6, 6.07) is 20.3. The van der Waals surface area contributed by atoms with Crippen molar-refractivity contribution in [3.05, 3.63) is 89.1 Å². The molecule has 4 rings (SSSR count). The van der Waals surface area contributed by atoms with E-state index in [1.54, 1.807) is 30.3 Å². The summed E-state index contributed by atoms with van der Waals surface area (Å²) in [4.78, 5) is 30.9. The van der Waals surface area contributed by atoms with E-state index in [0.717, 1.165) is 17.5 Å². The van der Waals surface area contributed by atoms with E-state index in [-0.39, 0.29) is 17.9 Å². The Kier molecular flexibility index (Phi) is 8.34. The number of aromatic nitrogens is 1. The largest absolute Gasteiger partial charge is 0.487 e. The van der Waals surface area contributed by atoms with E-state index in [9.17, 15) is 9.59 Å². The molecule has 1 fully saturated rings. The van der Waals surface area contributed by atoms with Crippen molar-refractivity contribution in [2.45, 2.75) is 31.4 Å². The van der Waals surface area contributed by atoms with Gasteiger partial charge in [0.15, 0.2) is 0 Å². The van der Waals surface area contributed by atoms with Crippen LogP contribution < -0.4 is 15.4 Å². The second-order valence-electron chi connectivity index (χ2n) is 8.60. The van der Waals surface area contributed by atoms with Crippen LogP contribution in [0, 0.1) is 0 Å². The molecular weight excluding hydrogens is 464 g/mol. The molecule has 0 spiro atoms. The Balaban J connectivity index is 1.36. The fraction of sp³-hybridized carbons (Fsp3) is 0.296. The number of piperidine rings is 1. The first-order valence-electron chi connectivity index (χ1n) is 11.7. The predicted molar refractivity (Wildman–Crippen MR) is 136 cm³/mol. The van der Waals surface area contributed by atoms with Crippen LogP contribution in [0.3, 0.4) is 0 Å². The van der Waals surface area contributed by atoms with Gasteiger partial charge in [0.05, 0.1) is 12.7 Å². The van der Waals surface area contributed by atoms with Crippen molar-refractivity contribution < 1.29 is 14.3 Å². The minimum atomic E-state index is -0.531. The van der Waals surface area contributed by atoms with Gasteiger partial charge in [0.1, 0.15) is 23.7 Å². The standard InChI is InChI=1S/C27H29ClN4O3/c1-32-18-23(12-14-25(32)33)35-22-11-13-24(30-17-22)31-27(34)26(20-5-3-2-4-6-20)29-16-15-19-7-9-21(28)10-8-19/h2-11,13,17,23,26,29H,12,14-16,18H2,1H3,(H,30,31,34)/t23-,26-/m1/s1. The Morgan fingerprint density at radius 1 is 1.14 bits per heavy atom. The SMILES string of the molecule is CN1C[C@H](Oc2ccc(NC(=O)[C@H](NCCc3ccc(Cl)cc3)c3ccccc3)nc2)CCC1=O. The summed E-state index contributed by atoms with van der Waals surface area (Å²) in [6.07, 6.45) is 3.46. The third-order valence-corrected chi connectivity index (χ3v) is 6.20. The van der Waals surface area contributed by atoms with Gasteiger partial charge in [0.25, 0.3) is 0 Å². The fourth-order valence-electron chi connectivity index (χ4n) is 4.00. The van der Waals surface area contributed by atoms with Crippen LogP contribution in [0.15, 0.2) is 72.9 Å². The van der Waals surface area contributed by atoms with Crippen LogP contribution >= 0.6 is 11.6 Å². The number of rotatable bonds is 9. The zero-order valence-electron chi connectivity index (χ0n) is 19.6. The highest BCUT2D eigenvalue weighted by Gasteiger charge is 2.24. The van der Waals surface area contributed by atoms with Gasteiger partial charge in [-0.1, -0.05) is 54.1 Å². The van der Waals surface area contributed by atoms with E-state index in [0.29, 0.717) is 42.5 Å². The Morgan fingerprint density at radius 3 is 2.60 bits per heavy atom. The lowest BCUT2D eigenvalue weighted by atomic mass is 10.1. The molecule has 7 nitrogen and oxygen atoms in total. The number of hydrogen-bond donors (Lipinski definition) is 2. The van der Waals surface area contributed by atoms with Crippen LogP contribution in [-0.2, 0) is 16.0 Å². The van der Waals surface area contributed by atoms with Gasteiger partial charge >= 0.3 is 0 Å². The number of pyridine rings is 1. The predicted octanol–water partition coefficient (Wildman–Crippen LogP) is 4.25. The number of carbonyl (C=O) groups is 2. The van der Waals surface area contributed by atoms with Gasteiger partial charge in [-0.05, 0) is 48.2 Å². The van der Waals surface area contributed by atoms with E-state index in [1.165, 1.54) is 0 Å². The Hall–Kier alpha value is -3.42. The van der Waals surface area contributed by atoms with Gasteiger partial charge in [0, 0.05) is 25.0 Å². The summed E-state index contributed by atoms with van der Waals surface area (Å²) in [5.41, 5.74) is 2.01. The highest BCUT2D eigenvalue weighted by atomic mass is 35.5. The molecule has 3 aromatic rings. The zero-order chi connectivity index (χ0) is 24.6. The van der Waals surface area contributed by atoms with Crippen molar-refractivity contribution in [1.29, 1.82) is 0 Å². The smallest absolute Gasteiger partial charge is 0.247 e. The number of likely N-dealkylation sites (tertiary alicyclic amines) is 1. The molecule has 0 unspecified atom stereocenters. The number of likely N-dealkylation sites (N-methyl/N-ethyl adjacent to an activating group) is 1. The molecule has 0 saturated carbocycles. The second-order valence-corrected chi connectivity index (χ2v) is 9.03. The van der Waals surface area contributed by atoms with Crippen LogP contribution in [0.2, 0.25) is 5.02 Å². The van der Waals surface area contributed by atoms with Crippen LogP contribution in [0.25, 0.3) is 0 Å². The number of benzene rings is 2. The van der Waals surface area contributed by atoms with E-state index < -0.39 is 6.04 Å². The van der Waals surface area contributed by atoms with Gasteiger partial charge in [-0.15, -0.1) is 0 Å². The molecule has 1 saturated heterocycles. The summed E-state index contributed by atoms with van der Waals surface area (Å²) < 4.78 is 5.96. The quantitative estimate of drug-likeness (QED) is 0.466. The van der Waals surface area contributed by atoms with Crippen molar-refractivity contribution in [3.63, 3.8) is 0 Å². The van der Waals surface area contributed by atoms with Crippen LogP contribution in [0.1, 0.15) is 30.0 Å². The Labute approximate surface area is 210 Å². The molecule has 0 radical (unpaired) electrons. The molecule has 2 atom stereocenters. The molecule has 2 amide bonds. The summed E-state index contributed by atoms with van der Waals surface area (Å²) >= 11 is 5.97. The maximum atomic E-state index is 13.2. The molecule has 35 heavy (non-hydrogen) atoms. The van der Waals surface area contributed by atoms with Gasteiger partial charge in [-0.25, -0.2) is 4.98 Å². The lowest BCUT2D eigenvalue weighted by molar-refractivity contribution is -0.134. The topological polar surface area (TPSA) is 83.6 Å². The minimum absolute atomic E-state index is 0.0627. The minimum Gasteiger partial charge on any atom is -0.487 e. The highest BCUT2D eigenvalue weighted by Crippen LogP contribution is 2.20. The molecule has 2 heterocycles. The zero-order valence-corrected chi connectivity index (χ0v) is 20.4. The summed E-state index contributed by atoms with van der Waals surface area (Å²) in [5, 5.41) is 6.97. The number of nitrogens with zero attached hydrogens (tertiary/aromatic N) is 2. The van der Waals surface area contributed by atoms with Crippen molar-refractivity contribution in [2.75, 3.05) is 25.5 Å². The molecule has 8 heteroatoms. The molecule has 1 aromatic heterocycles. The van der Waals surface area contributed by atoms with E-state index in [4.69, 9.17) is 16.3 Å². The summed E-state index contributed by atoms with van der Waals surface area (Å²) in [5.74, 6) is 0.992. The average molecular weight is 493 g/mol. The Bertz CT molecular complexity index is 1120. The van der Waals surface area contributed by atoms with Crippen LogP contribution in [-0.4, -0.2) is 47.9 Å². The number of hydrogen-bond acceptors (Lipinski definition) is 5. The molecule has 2 aromatic carbocycles. The maximum Gasteiger partial charge on any atom is 0.247 e. The normalized spacial score (nSPS) is 16.6. The number of amides is 2. The molecule has 0 bridgehead atoms. The average Bonchev–Trinajstić information content (AvgIpc) is 2.87. The van der Waals surface area contributed by atoms with E-state index in [2.05, 4.69) is 15.6 Å². The lowest BCUT2D eigenvalue weighted by Gasteiger charge is -2.29. The first-order valence-corrected chi connectivity index (χ1v) is 12.1. The second kappa shape index (κ2) is 11.8. The number of ether oxygens (including phenoxy) is 1. The van der Waals surface area contributed by atoms with Gasteiger partial charge in [-0.2, -0.15) is 0 Å². The number of halogens is 1. The maximum absolute atomic E-state index is 13.2. The summed E-state index contributed by atoms with van der Waals surface area (Å²) in [7, 11) is 1.78. The molecule has 1 aliphatic heterocycles. The first-order chi connectivity index (χ1) is 17.0. The third-order valence-electron chi connectivity index (χ3n) is 5.94. The van der Waals surface area contributed by atoms with E-state index in [1.807, 2.05) is 54.6 Å². The van der Waals surface area contributed by atoms with Gasteiger partial charge in [0.2, 0.25) is 11.8 Å². The van der Waals surface area contributed by atoms with Crippen LogP contribution in [0.4, 0.5) is 5.82 Å². The van der Waals surface area contributed by atoms with Crippen LogP contribution in [0.5, 0.6) is 5.75 Å².